The Morgan fingerprint density at radius 1 is 1.44 bits per heavy atom. The summed E-state index contributed by atoms with van der Waals surface area (Å²) in [6, 6.07) is 0. The minimum atomic E-state index is -0.235. The SMILES string of the molecule is CC1CCCC(CNCCC(C)(C)C(N)=NO)C1. The number of oxime groups is 1. The third kappa shape index (κ3) is 4.84. The number of hydrogen-bond acceptors (Lipinski definition) is 3. The van der Waals surface area contributed by atoms with E-state index in [-0.39, 0.29) is 5.41 Å². The summed E-state index contributed by atoms with van der Waals surface area (Å²) in [5.74, 6) is 2.04. The van der Waals surface area contributed by atoms with Crippen molar-refractivity contribution in [1.82, 2.24) is 5.32 Å². The van der Waals surface area contributed by atoms with E-state index in [9.17, 15) is 0 Å². The molecule has 4 N–H and O–H groups in total. The van der Waals surface area contributed by atoms with Crippen molar-refractivity contribution in [2.45, 2.75) is 52.9 Å². The molecule has 1 rings (SSSR count). The van der Waals surface area contributed by atoms with Crippen LogP contribution in [0.25, 0.3) is 0 Å². The van der Waals surface area contributed by atoms with Gasteiger partial charge in [-0.05, 0) is 44.2 Å². The van der Waals surface area contributed by atoms with E-state index in [2.05, 4.69) is 17.4 Å². The minimum absolute atomic E-state index is 0.235. The van der Waals surface area contributed by atoms with Gasteiger partial charge in [-0.2, -0.15) is 0 Å². The minimum Gasteiger partial charge on any atom is -0.409 e. The molecule has 4 heteroatoms. The van der Waals surface area contributed by atoms with E-state index in [1.807, 2.05) is 13.8 Å². The van der Waals surface area contributed by atoms with E-state index in [0.717, 1.165) is 31.3 Å². The lowest BCUT2D eigenvalue weighted by Gasteiger charge is -2.28. The van der Waals surface area contributed by atoms with Crippen LogP contribution in [0.15, 0.2) is 5.16 Å². The molecule has 0 saturated heterocycles. The Bertz CT molecular complexity index is 276. The monoisotopic (exact) mass is 255 g/mol. The Balaban J connectivity index is 2.18. The average Bonchev–Trinajstić information content (AvgIpc) is 2.33. The summed E-state index contributed by atoms with van der Waals surface area (Å²) in [5, 5.41) is 15.3. The molecule has 1 saturated carbocycles. The zero-order valence-corrected chi connectivity index (χ0v) is 12.1. The van der Waals surface area contributed by atoms with E-state index < -0.39 is 0 Å². The predicted octanol–water partition coefficient (Wildman–Crippen LogP) is 2.57. The number of nitrogens with zero attached hydrogens (tertiary/aromatic N) is 1. The van der Waals surface area contributed by atoms with E-state index in [1.54, 1.807) is 0 Å². The van der Waals surface area contributed by atoms with E-state index >= 15 is 0 Å². The second-order valence-corrected chi connectivity index (χ2v) is 6.46. The maximum atomic E-state index is 8.70. The number of nitrogens with two attached hydrogens (primary N) is 1. The lowest BCUT2D eigenvalue weighted by molar-refractivity contribution is 0.270. The van der Waals surface area contributed by atoms with Crippen molar-refractivity contribution in [3.05, 3.63) is 0 Å². The van der Waals surface area contributed by atoms with Crippen LogP contribution in [0.5, 0.6) is 0 Å². The molecule has 2 unspecified atom stereocenters. The van der Waals surface area contributed by atoms with Gasteiger partial charge < -0.3 is 16.3 Å². The Labute approximate surface area is 111 Å². The Kier molecular flexibility index (Phi) is 5.93. The zero-order chi connectivity index (χ0) is 13.6. The lowest BCUT2D eigenvalue weighted by Crippen LogP contribution is -2.36. The van der Waals surface area contributed by atoms with Crippen molar-refractivity contribution in [3.8, 4) is 0 Å². The molecule has 0 spiro atoms. The molecule has 0 heterocycles. The molecule has 0 bridgehead atoms. The third-order valence-electron chi connectivity index (χ3n) is 4.21. The summed E-state index contributed by atoms with van der Waals surface area (Å²) in [6.45, 7) is 8.40. The standard InChI is InChI=1S/C14H29N3O/c1-11-5-4-6-12(9-11)10-16-8-7-14(2,3)13(15)17-18/h11-12,16,18H,4-10H2,1-3H3,(H2,15,17). The number of rotatable bonds is 6. The third-order valence-corrected chi connectivity index (χ3v) is 4.21. The largest absolute Gasteiger partial charge is 0.409 e. The van der Waals surface area contributed by atoms with Crippen molar-refractivity contribution >= 4 is 5.84 Å². The van der Waals surface area contributed by atoms with E-state index in [4.69, 9.17) is 10.9 Å². The van der Waals surface area contributed by atoms with Gasteiger partial charge in [0.15, 0.2) is 0 Å². The van der Waals surface area contributed by atoms with Gasteiger partial charge in [-0.3, -0.25) is 0 Å². The lowest BCUT2D eigenvalue weighted by atomic mass is 9.82. The highest BCUT2D eigenvalue weighted by Gasteiger charge is 2.23. The van der Waals surface area contributed by atoms with Gasteiger partial charge in [-0.1, -0.05) is 38.8 Å². The molecular weight excluding hydrogens is 226 g/mol. The van der Waals surface area contributed by atoms with Crippen molar-refractivity contribution in [3.63, 3.8) is 0 Å². The summed E-state index contributed by atoms with van der Waals surface area (Å²) in [5.41, 5.74) is 5.43. The first-order valence-electron chi connectivity index (χ1n) is 7.14. The molecule has 1 aliphatic carbocycles. The van der Waals surface area contributed by atoms with Gasteiger partial charge in [0.1, 0.15) is 5.84 Å². The summed E-state index contributed by atoms with van der Waals surface area (Å²) in [4.78, 5) is 0. The predicted molar refractivity (Wildman–Crippen MR) is 75.8 cm³/mol. The molecule has 0 aromatic rings. The van der Waals surface area contributed by atoms with Crippen LogP contribution in [0.4, 0.5) is 0 Å². The summed E-state index contributed by atoms with van der Waals surface area (Å²) in [6.07, 6.45) is 6.39. The first-order chi connectivity index (χ1) is 8.45. The second-order valence-electron chi connectivity index (χ2n) is 6.46. The van der Waals surface area contributed by atoms with Crippen LogP contribution in [0, 0.1) is 17.3 Å². The van der Waals surface area contributed by atoms with Crippen LogP contribution in [0.2, 0.25) is 0 Å². The molecule has 2 atom stereocenters. The number of nitrogens with one attached hydrogen (secondary N) is 1. The normalized spacial score (nSPS) is 26.3. The first-order valence-corrected chi connectivity index (χ1v) is 7.14. The molecule has 4 nitrogen and oxygen atoms in total. The van der Waals surface area contributed by atoms with Crippen LogP contribution >= 0.6 is 0 Å². The summed E-state index contributed by atoms with van der Waals surface area (Å²) < 4.78 is 0. The summed E-state index contributed by atoms with van der Waals surface area (Å²) in [7, 11) is 0. The van der Waals surface area contributed by atoms with Crippen molar-refractivity contribution in [2.24, 2.45) is 28.1 Å². The van der Waals surface area contributed by atoms with Crippen LogP contribution in [0.1, 0.15) is 52.9 Å². The van der Waals surface area contributed by atoms with E-state index in [1.165, 1.54) is 25.7 Å². The van der Waals surface area contributed by atoms with Crippen molar-refractivity contribution < 1.29 is 5.21 Å². The van der Waals surface area contributed by atoms with Gasteiger partial charge in [0.2, 0.25) is 0 Å². The molecule has 1 fully saturated rings. The smallest absolute Gasteiger partial charge is 0.144 e. The van der Waals surface area contributed by atoms with Crippen LogP contribution < -0.4 is 11.1 Å². The molecule has 0 aliphatic heterocycles. The highest BCUT2D eigenvalue weighted by atomic mass is 16.4. The van der Waals surface area contributed by atoms with Gasteiger partial charge >= 0.3 is 0 Å². The maximum Gasteiger partial charge on any atom is 0.144 e. The second kappa shape index (κ2) is 6.98. The zero-order valence-electron chi connectivity index (χ0n) is 12.1. The first kappa shape index (κ1) is 15.3. The molecule has 18 heavy (non-hydrogen) atoms. The van der Waals surface area contributed by atoms with E-state index in [0.29, 0.717) is 5.84 Å². The molecular formula is C14H29N3O. The van der Waals surface area contributed by atoms with Gasteiger partial charge in [-0.25, -0.2) is 0 Å². The maximum absolute atomic E-state index is 8.70. The number of hydrogen-bond donors (Lipinski definition) is 3. The quantitative estimate of drug-likeness (QED) is 0.225. The fraction of sp³-hybridized carbons (Fsp3) is 0.929. The number of amidine groups is 1. The molecule has 0 radical (unpaired) electrons. The molecule has 106 valence electrons. The fourth-order valence-corrected chi connectivity index (χ4v) is 2.72. The fourth-order valence-electron chi connectivity index (χ4n) is 2.72. The Morgan fingerprint density at radius 2 is 2.17 bits per heavy atom. The molecule has 0 aromatic carbocycles. The summed E-state index contributed by atoms with van der Waals surface area (Å²) >= 11 is 0. The molecule has 0 aromatic heterocycles. The highest BCUT2D eigenvalue weighted by molar-refractivity contribution is 5.85. The highest BCUT2D eigenvalue weighted by Crippen LogP contribution is 2.28. The van der Waals surface area contributed by atoms with Gasteiger partial charge in [0.05, 0.1) is 0 Å². The molecule has 0 amide bonds. The Morgan fingerprint density at radius 3 is 2.78 bits per heavy atom. The van der Waals surface area contributed by atoms with Crippen LogP contribution in [0.3, 0.4) is 0 Å². The van der Waals surface area contributed by atoms with Crippen molar-refractivity contribution in [2.75, 3.05) is 13.1 Å². The average molecular weight is 255 g/mol. The van der Waals surface area contributed by atoms with Gasteiger partial charge in [-0.15, -0.1) is 0 Å². The Hall–Kier alpha value is -0.770. The van der Waals surface area contributed by atoms with Gasteiger partial charge in [0.25, 0.3) is 0 Å². The topological polar surface area (TPSA) is 70.6 Å². The van der Waals surface area contributed by atoms with Gasteiger partial charge in [0, 0.05) is 5.41 Å². The van der Waals surface area contributed by atoms with Crippen LogP contribution in [-0.2, 0) is 0 Å². The van der Waals surface area contributed by atoms with Crippen LogP contribution in [-0.4, -0.2) is 24.1 Å². The van der Waals surface area contributed by atoms with Crippen molar-refractivity contribution in [1.29, 1.82) is 0 Å². The molecule has 1 aliphatic rings.